The molecule has 8 heteroatoms. The summed E-state index contributed by atoms with van der Waals surface area (Å²) >= 11 is 0. The molecule has 0 atom stereocenters. The van der Waals surface area contributed by atoms with Gasteiger partial charge in [0.25, 0.3) is 0 Å². The number of nitrogens with one attached hydrogen (secondary N) is 1. The van der Waals surface area contributed by atoms with Crippen molar-refractivity contribution < 1.29 is 23.8 Å². The number of benzene rings is 2. The van der Waals surface area contributed by atoms with E-state index in [0.717, 1.165) is 11.4 Å². The van der Waals surface area contributed by atoms with E-state index < -0.39 is 11.8 Å². The standard InChI is InChI=1S/C21H25N3O5/c1-27-16-6-4-15(5-7-16)23-10-12-24(13-11-23)21(26)20(25)22-18-14-17(28-2)8-9-19(18)29-3/h4-9,14H,10-13H2,1-3H3,(H,22,25). The van der Waals surface area contributed by atoms with Crippen LogP contribution in [0.1, 0.15) is 0 Å². The molecule has 1 aliphatic rings. The van der Waals surface area contributed by atoms with Gasteiger partial charge in [-0.25, -0.2) is 0 Å². The highest BCUT2D eigenvalue weighted by Gasteiger charge is 2.27. The van der Waals surface area contributed by atoms with E-state index in [1.807, 2.05) is 24.3 Å². The van der Waals surface area contributed by atoms with E-state index in [1.54, 1.807) is 30.2 Å². The van der Waals surface area contributed by atoms with Crippen LogP contribution in [0.25, 0.3) is 0 Å². The Bertz CT molecular complexity index is 861. The van der Waals surface area contributed by atoms with Crippen LogP contribution in [0.2, 0.25) is 0 Å². The van der Waals surface area contributed by atoms with Crippen molar-refractivity contribution in [2.24, 2.45) is 0 Å². The first-order chi connectivity index (χ1) is 14.0. The third kappa shape index (κ3) is 4.71. The number of amides is 2. The second kappa shape index (κ2) is 9.18. The maximum absolute atomic E-state index is 12.6. The fourth-order valence-electron chi connectivity index (χ4n) is 3.19. The summed E-state index contributed by atoms with van der Waals surface area (Å²) in [4.78, 5) is 28.8. The van der Waals surface area contributed by atoms with Crippen molar-refractivity contribution in [1.82, 2.24) is 4.90 Å². The maximum Gasteiger partial charge on any atom is 0.314 e. The Hall–Kier alpha value is -3.42. The van der Waals surface area contributed by atoms with Crippen molar-refractivity contribution in [1.29, 1.82) is 0 Å². The van der Waals surface area contributed by atoms with Gasteiger partial charge in [-0.2, -0.15) is 0 Å². The van der Waals surface area contributed by atoms with Gasteiger partial charge >= 0.3 is 11.8 Å². The molecule has 8 nitrogen and oxygen atoms in total. The number of methoxy groups -OCH3 is 3. The van der Waals surface area contributed by atoms with Crippen molar-refractivity contribution in [3.63, 3.8) is 0 Å². The summed E-state index contributed by atoms with van der Waals surface area (Å²) in [5, 5.41) is 2.63. The summed E-state index contributed by atoms with van der Waals surface area (Å²) in [6.07, 6.45) is 0. The van der Waals surface area contributed by atoms with E-state index in [1.165, 1.54) is 14.2 Å². The predicted molar refractivity (Wildman–Crippen MR) is 110 cm³/mol. The van der Waals surface area contributed by atoms with E-state index in [4.69, 9.17) is 14.2 Å². The molecule has 0 aromatic heterocycles. The zero-order valence-corrected chi connectivity index (χ0v) is 16.8. The first-order valence-corrected chi connectivity index (χ1v) is 9.27. The van der Waals surface area contributed by atoms with Gasteiger partial charge in [0.05, 0.1) is 27.0 Å². The van der Waals surface area contributed by atoms with Gasteiger partial charge in [0.1, 0.15) is 17.2 Å². The Labute approximate surface area is 170 Å². The molecule has 2 aromatic carbocycles. The summed E-state index contributed by atoms with van der Waals surface area (Å²) in [6.45, 7) is 2.22. The second-order valence-electron chi connectivity index (χ2n) is 6.50. The largest absolute Gasteiger partial charge is 0.497 e. The fourth-order valence-corrected chi connectivity index (χ4v) is 3.19. The van der Waals surface area contributed by atoms with Gasteiger partial charge in [-0.05, 0) is 36.4 Å². The summed E-state index contributed by atoms with van der Waals surface area (Å²) < 4.78 is 15.6. The number of rotatable bonds is 5. The molecule has 154 valence electrons. The number of carbonyl (C=O) groups excluding carboxylic acids is 2. The van der Waals surface area contributed by atoms with Crippen LogP contribution >= 0.6 is 0 Å². The summed E-state index contributed by atoms with van der Waals surface area (Å²) in [6, 6.07) is 12.8. The molecule has 1 N–H and O–H groups in total. The highest BCUT2D eigenvalue weighted by atomic mass is 16.5. The minimum Gasteiger partial charge on any atom is -0.497 e. The van der Waals surface area contributed by atoms with Crippen LogP contribution in [-0.2, 0) is 9.59 Å². The monoisotopic (exact) mass is 399 g/mol. The molecule has 2 aromatic rings. The minimum absolute atomic E-state index is 0.391. The van der Waals surface area contributed by atoms with Gasteiger partial charge in [0.2, 0.25) is 0 Å². The summed E-state index contributed by atoms with van der Waals surface area (Å²) in [7, 11) is 4.66. The number of ether oxygens (including phenoxy) is 3. The van der Waals surface area contributed by atoms with E-state index in [2.05, 4.69) is 10.2 Å². The lowest BCUT2D eigenvalue weighted by molar-refractivity contribution is -0.143. The Balaban J connectivity index is 1.59. The fraction of sp³-hybridized carbons (Fsp3) is 0.333. The predicted octanol–water partition coefficient (Wildman–Crippen LogP) is 2.00. The average Bonchev–Trinajstić information content (AvgIpc) is 2.78. The molecule has 2 amide bonds. The van der Waals surface area contributed by atoms with Crippen molar-refractivity contribution in [3.8, 4) is 17.2 Å². The van der Waals surface area contributed by atoms with E-state index >= 15 is 0 Å². The highest BCUT2D eigenvalue weighted by Crippen LogP contribution is 2.29. The van der Waals surface area contributed by atoms with Gasteiger partial charge in [-0.3, -0.25) is 9.59 Å². The first kappa shape index (κ1) is 20.3. The first-order valence-electron chi connectivity index (χ1n) is 9.27. The molecule has 1 aliphatic heterocycles. The Morgan fingerprint density at radius 2 is 1.45 bits per heavy atom. The summed E-state index contributed by atoms with van der Waals surface area (Å²) in [5.74, 6) is 0.545. The third-order valence-electron chi connectivity index (χ3n) is 4.85. The average molecular weight is 399 g/mol. The zero-order chi connectivity index (χ0) is 20.8. The number of carbonyl (C=O) groups is 2. The quantitative estimate of drug-likeness (QED) is 0.775. The SMILES string of the molecule is COc1ccc(N2CCN(C(=O)C(=O)Nc3cc(OC)ccc3OC)CC2)cc1. The lowest BCUT2D eigenvalue weighted by Crippen LogP contribution is -2.51. The molecule has 3 rings (SSSR count). The van der Waals surface area contributed by atoms with Crippen molar-refractivity contribution >= 4 is 23.2 Å². The van der Waals surface area contributed by atoms with E-state index in [9.17, 15) is 9.59 Å². The zero-order valence-electron chi connectivity index (χ0n) is 16.8. The van der Waals surface area contributed by atoms with Gasteiger partial charge in [-0.1, -0.05) is 0 Å². The van der Waals surface area contributed by atoms with Crippen LogP contribution in [0.3, 0.4) is 0 Å². The van der Waals surface area contributed by atoms with Crippen molar-refractivity contribution in [2.45, 2.75) is 0 Å². The molecule has 0 aliphatic carbocycles. The Morgan fingerprint density at radius 1 is 0.828 bits per heavy atom. The molecule has 0 saturated carbocycles. The van der Waals surface area contributed by atoms with Crippen LogP contribution in [0.4, 0.5) is 11.4 Å². The Morgan fingerprint density at radius 3 is 2.03 bits per heavy atom. The minimum atomic E-state index is -0.700. The molecular formula is C21H25N3O5. The lowest BCUT2D eigenvalue weighted by Gasteiger charge is -2.35. The van der Waals surface area contributed by atoms with Crippen molar-refractivity contribution in [3.05, 3.63) is 42.5 Å². The van der Waals surface area contributed by atoms with Gasteiger partial charge < -0.3 is 29.3 Å². The molecular weight excluding hydrogens is 374 g/mol. The van der Waals surface area contributed by atoms with Crippen LogP contribution in [0.5, 0.6) is 17.2 Å². The number of hydrogen-bond acceptors (Lipinski definition) is 6. The summed E-state index contributed by atoms with van der Waals surface area (Å²) in [5.41, 5.74) is 1.45. The smallest absolute Gasteiger partial charge is 0.314 e. The molecule has 1 saturated heterocycles. The topological polar surface area (TPSA) is 80.3 Å². The van der Waals surface area contributed by atoms with Gasteiger partial charge in [-0.15, -0.1) is 0 Å². The van der Waals surface area contributed by atoms with E-state index in [0.29, 0.717) is 43.4 Å². The molecule has 0 radical (unpaired) electrons. The lowest BCUT2D eigenvalue weighted by atomic mass is 10.2. The van der Waals surface area contributed by atoms with Crippen LogP contribution < -0.4 is 24.4 Å². The second-order valence-corrected chi connectivity index (χ2v) is 6.50. The maximum atomic E-state index is 12.6. The molecule has 0 bridgehead atoms. The number of hydrogen-bond donors (Lipinski definition) is 1. The van der Waals surface area contributed by atoms with E-state index in [-0.39, 0.29) is 0 Å². The van der Waals surface area contributed by atoms with Crippen molar-refractivity contribution in [2.75, 3.05) is 57.7 Å². The Kier molecular flexibility index (Phi) is 6.43. The molecule has 0 unspecified atom stereocenters. The third-order valence-corrected chi connectivity index (χ3v) is 4.85. The van der Waals surface area contributed by atoms with Crippen LogP contribution in [0.15, 0.2) is 42.5 Å². The highest BCUT2D eigenvalue weighted by molar-refractivity contribution is 6.39. The molecule has 0 spiro atoms. The number of anilines is 2. The van der Waals surface area contributed by atoms with Gasteiger partial charge in [0.15, 0.2) is 0 Å². The number of nitrogens with zero attached hydrogens (tertiary/aromatic N) is 2. The normalized spacial score (nSPS) is 13.6. The van der Waals surface area contributed by atoms with Crippen LogP contribution in [0, 0.1) is 0 Å². The molecule has 1 heterocycles. The van der Waals surface area contributed by atoms with Crippen LogP contribution in [-0.4, -0.2) is 64.2 Å². The number of piperazine rings is 1. The molecule has 1 fully saturated rings. The molecule has 29 heavy (non-hydrogen) atoms. The van der Waals surface area contributed by atoms with Gasteiger partial charge in [0, 0.05) is 37.9 Å².